The standard InChI is InChI=1S/C19H23FN2O3/c1-13-3-8-17(25-13)14(2)21-11-19(23)22-9-10-24-18(12-22)15-4-6-16(20)7-5-15/h3-8,14,18,21H,9-12H2,1-2H3/t14-,18+/m0/s1. The molecule has 0 aliphatic carbocycles. The third kappa shape index (κ3) is 4.46. The zero-order valence-electron chi connectivity index (χ0n) is 14.5. The van der Waals surface area contributed by atoms with Gasteiger partial charge in [-0.15, -0.1) is 0 Å². The lowest BCUT2D eigenvalue weighted by atomic mass is 10.1. The highest BCUT2D eigenvalue weighted by molar-refractivity contribution is 5.78. The quantitative estimate of drug-likeness (QED) is 0.904. The summed E-state index contributed by atoms with van der Waals surface area (Å²) in [6.07, 6.45) is -0.219. The van der Waals surface area contributed by atoms with Crippen molar-refractivity contribution in [3.63, 3.8) is 0 Å². The van der Waals surface area contributed by atoms with Gasteiger partial charge in [0, 0.05) is 6.54 Å². The number of aryl methyl sites for hydroxylation is 1. The van der Waals surface area contributed by atoms with Gasteiger partial charge in [0.2, 0.25) is 5.91 Å². The SMILES string of the molecule is Cc1ccc([C@H](C)NCC(=O)N2CCO[C@@H](c3ccc(F)cc3)C2)o1. The number of rotatable bonds is 5. The maximum atomic E-state index is 13.1. The molecule has 3 rings (SSSR count). The molecule has 1 N–H and O–H groups in total. The Hall–Kier alpha value is -2.18. The van der Waals surface area contributed by atoms with E-state index in [1.54, 1.807) is 17.0 Å². The van der Waals surface area contributed by atoms with Crippen LogP contribution in [0.5, 0.6) is 0 Å². The fourth-order valence-electron chi connectivity index (χ4n) is 2.89. The smallest absolute Gasteiger partial charge is 0.236 e. The van der Waals surface area contributed by atoms with Crippen molar-refractivity contribution in [3.05, 3.63) is 59.3 Å². The second kappa shape index (κ2) is 7.80. The van der Waals surface area contributed by atoms with Crippen molar-refractivity contribution in [1.82, 2.24) is 10.2 Å². The van der Waals surface area contributed by atoms with Gasteiger partial charge in [-0.1, -0.05) is 12.1 Å². The Balaban J connectivity index is 1.54. The Morgan fingerprint density at radius 1 is 1.32 bits per heavy atom. The van der Waals surface area contributed by atoms with Crippen LogP contribution in [0.2, 0.25) is 0 Å². The molecule has 1 aromatic carbocycles. The number of nitrogens with one attached hydrogen (secondary N) is 1. The minimum Gasteiger partial charge on any atom is -0.465 e. The first-order valence-electron chi connectivity index (χ1n) is 8.47. The van der Waals surface area contributed by atoms with E-state index in [0.29, 0.717) is 19.7 Å². The van der Waals surface area contributed by atoms with Crippen molar-refractivity contribution in [2.45, 2.75) is 26.0 Å². The number of carbonyl (C=O) groups is 1. The van der Waals surface area contributed by atoms with E-state index in [9.17, 15) is 9.18 Å². The fraction of sp³-hybridized carbons (Fsp3) is 0.421. The topological polar surface area (TPSA) is 54.7 Å². The first-order chi connectivity index (χ1) is 12.0. The molecule has 5 nitrogen and oxygen atoms in total. The van der Waals surface area contributed by atoms with E-state index in [0.717, 1.165) is 17.1 Å². The molecular weight excluding hydrogens is 323 g/mol. The third-order valence-corrected chi connectivity index (χ3v) is 4.41. The van der Waals surface area contributed by atoms with Crippen LogP contribution in [0.15, 0.2) is 40.8 Å². The third-order valence-electron chi connectivity index (χ3n) is 4.41. The molecule has 134 valence electrons. The number of amides is 1. The van der Waals surface area contributed by atoms with Crippen LogP contribution in [0.4, 0.5) is 4.39 Å². The number of halogens is 1. The number of hydrogen-bond acceptors (Lipinski definition) is 4. The molecule has 0 bridgehead atoms. The lowest BCUT2D eigenvalue weighted by molar-refractivity contribution is -0.138. The van der Waals surface area contributed by atoms with Crippen molar-refractivity contribution in [2.75, 3.05) is 26.2 Å². The van der Waals surface area contributed by atoms with E-state index >= 15 is 0 Å². The molecule has 0 spiro atoms. The van der Waals surface area contributed by atoms with Crippen LogP contribution < -0.4 is 5.32 Å². The molecule has 2 aromatic rings. The number of hydrogen-bond donors (Lipinski definition) is 1. The lowest BCUT2D eigenvalue weighted by Crippen LogP contribution is -2.46. The summed E-state index contributed by atoms with van der Waals surface area (Å²) in [6.45, 7) is 5.60. The molecule has 1 saturated heterocycles. The number of nitrogens with zero attached hydrogens (tertiary/aromatic N) is 1. The average molecular weight is 346 g/mol. The Morgan fingerprint density at radius 2 is 2.08 bits per heavy atom. The molecule has 0 saturated carbocycles. The van der Waals surface area contributed by atoms with Crippen LogP contribution in [0, 0.1) is 12.7 Å². The molecule has 1 aliphatic rings. The second-order valence-corrected chi connectivity index (χ2v) is 6.30. The summed E-state index contributed by atoms with van der Waals surface area (Å²) in [6, 6.07) is 10.0. The molecule has 2 atom stereocenters. The highest BCUT2D eigenvalue weighted by Crippen LogP contribution is 2.22. The molecule has 6 heteroatoms. The normalized spacial score (nSPS) is 19.0. The minimum atomic E-state index is -0.279. The molecule has 25 heavy (non-hydrogen) atoms. The molecule has 1 fully saturated rings. The highest BCUT2D eigenvalue weighted by Gasteiger charge is 2.25. The van der Waals surface area contributed by atoms with Crippen molar-refractivity contribution >= 4 is 5.91 Å². The molecule has 1 aliphatic heterocycles. The Labute approximate surface area is 146 Å². The maximum absolute atomic E-state index is 13.1. The molecule has 1 amide bonds. The van der Waals surface area contributed by atoms with Crippen molar-refractivity contribution in [2.24, 2.45) is 0 Å². The lowest BCUT2D eigenvalue weighted by Gasteiger charge is -2.33. The van der Waals surface area contributed by atoms with Crippen LogP contribution in [0.25, 0.3) is 0 Å². The number of morpholine rings is 1. The van der Waals surface area contributed by atoms with Crippen LogP contribution in [-0.4, -0.2) is 37.0 Å². The van der Waals surface area contributed by atoms with Gasteiger partial charge >= 0.3 is 0 Å². The van der Waals surface area contributed by atoms with E-state index in [1.165, 1.54) is 12.1 Å². The fourth-order valence-corrected chi connectivity index (χ4v) is 2.89. The first kappa shape index (κ1) is 17.6. The van der Waals surface area contributed by atoms with Gasteiger partial charge in [-0.2, -0.15) is 0 Å². The first-order valence-corrected chi connectivity index (χ1v) is 8.47. The van der Waals surface area contributed by atoms with Gasteiger partial charge in [0.25, 0.3) is 0 Å². The molecule has 0 unspecified atom stereocenters. The Kier molecular flexibility index (Phi) is 5.50. The van der Waals surface area contributed by atoms with Crippen LogP contribution in [0.1, 0.15) is 36.2 Å². The van der Waals surface area contributed by atoms with Gasteiger partial charge in [0.15, 0.2) is 0 Å². The van der Waals surface area contributed by atoms with Gasteiger partial charge in [-0.05, 0) is 43.7 Å². The summed E-state index contributed by atoms with van der Waals surface area (Å²) >= 11 is 0. The summed E-state index contributed by atoms with van der Waals surface area (Å²) in [5.41, 5.74) is 0.881. The summed E-state index contributed by atoms with van der Waals surface area (Å²) in [7, 11) is 0. The summed E-state index contributed by atoms with van der Waals surface area (Å²) in [4.78, 5) is 14.3. The number of carbonyl (C=O) groups excluding carboxylic acids is 1. The zero-order valence-corrected chi connectivity index (χ0v) is 14.5. The summed E-state index contributed by atoms with van der Waals surface area (Å²) in [5, 5.41) is 3.20. The molecular formula is C19H23FN2O3. The van der Waals surface area contributed by atoms with Crippen LogP contribution >= 0.6 is 0 Å². The Bertz CT molecular complexity index is 714. The van der Waals surface area contributed by atoms with Gasteiger partial charge in [-0.25, -0.2) is 4.39 Å². The molecule has 2 heterocycles. The molecule has 1 aromatic heterocycles. The zero-order chi connectivity index (χ0) is 17.8. The second-order valence-electron chi connectivity index (χ2n) is 6.30. The number of furan rings is 1. The minimum absolute atomic E-state index is 0.0190. The van der Waals surface area contributed by atoms with Gasteiger partial charge in [0.05, 0.1) is 25.7 Å². The van der Waals surface area contributed by atoms with Gasteiger partial charge in [-0.3, -0.25) is 10.1 Å². The highest BCUT2D eigenvalue weighted by atomic mass is 19.1. The maximum Gasteiger partial charge on any atom is 0.236 e. The van der Waals surface area contributed by atoms with E-state index in [4.69, 9.17) is 9.15 Å². The largest absolute Gasteiger partial charge is 0.465 e. The monoisotopic (exact) mass is 346 g/mol. The van der Waals surface area contributed by atoms with E-state index in [2.05, 4.69) is 5.32 Å². The van der Waals surface area contributed by atoms with Gasteiger partial charge < -0.3 is 14.1 Å². The van der Waals surface area contributed by atoms with E-state index < -0.39 is 0 Å². The number of ether oxygens (including phenoxy) is 1. The van der Waals surface area contributed by atoms with Crippen LogP contribution in [-0.2, 0) is 9.53 Å². The summed E-state index contributed by atoms with van der Waals surface area (Å²) in [5.74, 6) is 1.41. The van der Waals surface area contributed by atoms with Crippen molar-refractivity contribution in [3.8, 4) is 0 Å². The van der Waals surface area contributed by atoms with E-state index in [-0.39, 0.29) is 30.4 Å². The summed E-state index contributed by atoms with van der Waals surface area (Å²) < 4.78 is 24.4. The predicted octanol–water partition coefficient (Wildman–Crippen LogP) is 2.98. The van der Waals surface area contributed by atoms with Crippen molar-refractivity contribution in [1.29, 1.82) is 0 Å². The van der Waals surface area contributed by atoms with Gasteiger partial charge in [0.1, 0.15) is 23.4 Å². The predicted molar refractivity (Wildman–Crippen MR) is 91.5 cm³/mol. The van der Waals surface area contributed by atoms with Crippen LogP contribution in [0.3, 0.4) is 0 Å². The Morgan fingerprint density at radius 3 is 2.76 bits per heavy atom. The average Bonchev–Trinajstić information content (AvgIpc) is 3.06. The number of benzene rings is 1. The van der Waals surface area contributed by atoms with E-state index in [1.807, 2.05) is 26.0 Å². The molecule has 0 radical (unpaired) electrons. The van der Waals surface area contributed by atoms with Crippen molar-refractivity contribution < 1.29 is 18.3 Å².